The average Bonchev–Trinajstić information content (AvgIpc) is 2.72. The number of hydrogen-bond donors (Lipinski definition) is 2. The quantitative estimate of drug-likeness (QED) is 0.862. The molecule has 0 saturated carbocycles. The Labute approximate surface area is 143 Å². The third-order valence-electron chi connectivity index (χ3n) is 3.15. The summed E-state index contributed by atoms with van der Waals surface area (Å²) in [6, 6.07) is 1.49. The van der Waals surface area contributed by atoms with E-state index in [4.69, 9.17) is 4.74 Å². The fourth-order valence-corrected chi connectivity index (χ4v) is 2.10. The van der Waals surface area contributed by atoms with Gasteiger partial charge in [0.15, 0.2) is 0 Å². The van der Waals surface area contributed by atoms with Gasteiger partial charge in [0, 0.05) is 33.3 Å². The highest BCUT2D eigenvalue weighted by Crippen LogP contribution is 2.10. The zero-order valence-corrected chi connectivity index (χ0v) is 15.6. The third kappa shape index (κ3) is 6.89. The molecule has 0 spiro atoms. The molecule has 0 aliphatic heterocycles. The minimum Gasteiger partial charge on any atom is -0.444 e. The number of nitrogens with zero attached hydrogens (tertiary/aromatic N) is 3. The number of ether oxygens (including phenoxy) is 1. The summed E-state index contributed by atoms with van der Waals surface area (Å²) in [6.07, 6.45) is -0.371. The first-order chi connectivity index (χ1) is 11.0. The fraction of sp³-hybridized carbons (Fsp3) is 0.688. The molecule has 0 radical (unpaired) electrons. The van der Waals surface area contributed by atoms with Gasteiger partial charge in [-0.25, -0.2) is 9.59 Å². The van der Waals surface area contributed by atoms with E-state index in [1.54, 1.807) is 24.8 Å². The first-order valence-electron chi connectivity index (χ1n) is 7.97. The van der Waals surface area contributed by atoms with Crippen molar-refractivity contribution >= 4 is 17.9 Å². The molecule has 0 bridgehead atoms. The van der Waals surface area contributed by atoms with Crippen LogP contribution in [0.15, 0.2) is 6.07 Å². The van der Waals surface area contributed by atoms with Crippen molar-refractivity contribution in [2.24, 2.45) is 13.0 Å². The molecule has 3 amide bonds. The van der Waals surface area contributed by atoms with E-state index in [2.05, 4.69) is 15.7 Å². The molecule has 1 rings (SSSR count). The van der Waals surface area contributed by atoms with Crippen LogP contribution in [0.5, 0.6) is 0 Å². The van der Waals surface area contributed by atoms with E-state index in [-0.39, 0.29) is 18.0 Å². The van der Waals surface area contributed by atoms with Gasteiger partial charge in [0.1, 0.15) is 11.4 Å². The second-order valence-electron chi connectivity index (χ2n) is 7.10. The van der Waals surface area contributed by atoms with Crippen molar-refractivity contribution in [3.8, 4) is 0 Å². The van der Waals surface area contributed by atoms with E-state index in [9.17, 15) is 9.59 Å². The Hall–Kier alpha value is -2.25. The van der Waals surface area contributed by atoms with Crippen LogP contribution in [0.25, 0.3) is 0 Å². The lowest BCUT2D eigenvalue weighted by atomic mass is 10.1. The Balaban J connectivity index is 2.37. The maximum atomic E-state index is 11.9. The van der Waals surface area contributed by atoms with Crippen LogP contribution in [0.1, 0.15) is 33.4 Å². The number of urea groups is 1. The van der Waals surface area contributed by atoms with Crippen LogP contribution >= 0.6 is 0 Å². The maximum absolute atomic E-state index is 11.9. The molecule has 1 atom stereocenters. The summed E-state index contributed by atoms with van der Waals surface area (Å²) in [4.78, 5) is 25.3. The minimum atomic E-state index is -0.520. The molecular weight excluding hydrogens is 310 g/mol. The molecule has 0 aromatic carbocycles. The molecule has 8 heteroatoms. The highest BCUT2D eigenvalue weighted by atomic mass is 16.6. The van der Waals surface area contributed by atoms with Gasteiger partial charge in [-0.05, 0) is 33.6 Å². The van der Waals surface area contributed by atoms with Crippen molar-refractivity contribution in [1.82, 2.24) is 20.0 Å². The van der Waals surface area contributed by atoms with E-state index in [1.165, 1.54) is 4.90 Å². The second kappa shape index (κ2) is 8.03. The van der Waals surface area contributed by atoms with E-state index < -0.39 is 5.60 Å². The van der Waals surface area contributed by atoms with Crippen LogP contribution < -0.4 is 10.6 Å². The maximum Gasteiger partial charge on any atom is 0.410 e. The predicted molar refractivity (Wildman–Crippen MR) is 93.0 cm³/mol. The standard InChI is InChI=1S/C16H29N5O3/c1-11(10-20(6)15(23)24-16(3,4)5)9-17-14(22)18-13-8-12(2)19-21(13)7/h8,11H,9-10H2,1-7H3,(H2,17,18,22)/t11-/m0/s1. The van der Waals surface area contributed by atoms with Crippen molar-refractivity contribution in [3.63, 3.8) is 0 Å². The number of carbonyl (C=O) groups excluding carboxylic acids is 2. The summed E-state index contributed by atoms with van der Waals surface area (Å²) < 4.78 is 6.90. The first-order valence-corrected chi connectivity index (χ1v) is 7.97. The molecule has 1 aromatic rings. The Morgan fingerprint density at radius 1 is 1.42 bits per heavy atom. The van der Waals surface area contributed by atoms with E-state index in [0.717, 1.165) is 5.69 Å². The van der Waals surface area contributed by atoms with Gasteiger partial charge in [-0.3, -0.25) is 10.00 Å². The number of rotatable bonds is 5. The Kier molecular flexibility index (Phi) is 6.62. The zero-order chi connectivity index (χ0) is 18.5. The summed E-state index contributed by atoms with van der Waals surface area (Å²) >= 11 is 0. The van der Waals surface area contributed by atoms with E-state index >= 15 is 0 Å². The molecule has 0 aliphatic carbocycles. The zero-order valence-electron chi connectivity index (χ0n) is 15.6. The summed E-state index contributed by atoms with van der Waals surface area (Å²) in [7, 11) is 3.45. The van der Waals surface area contributed by atoms with Crippen molar-refractivity contribution in [2.45, 2.75) is 40.2 Å². The van der Waals surface area contributed by atoms with Crippen molar-refractivity contribution in [2.75, 3.05) is 25.5 Å². The van der Waals surface area contributed by atoms with Crippen molar-refractivity contribution < 1.29 is 14.3 Å². The Bertz CT molecular complexity index is 577. The van der Waals surface area contributed by atoms with Crippen LogP contribution in [0.3, 0.4) is 0 Å². The average molecular weight is 339 g/mol. The predicted octanol–water partition coefficient (Wildman–Crippen LogP) is 2.35. The lowest BCUT2D eigenvalue weighted by Gasteiger charge is -2.26. The minimum absolute atomic E-state index is 0.0848. The van der Waals surface area contributed by atoms with Gasteiger partial charge in [-0.1, -0.05) is 6.92 Å². The molecule has 0 unspecified atom stereocenters. The fourth-order valence-electron chi connectivity index (χ4n) is 2.10. The monoisotopic (exact) mass is 339 g/mol. The number of hydrogen-bond acceptors (Lipinski definition) is 4. The molecular formula is C16H29N5O3. The molecule has 0 saturated heterocycles. The van der Waals surface area contributed by atoms with Gasteiger partial charge in [-0.2, -0.15) is 5.10 Å². The van der Waals surface area contributed by atoms with Crippen molar-refractivity contribution in [1.29, 1.82) is 0 Å². The summed E-state index contributed by atoms with van der Waals surface area (Å²) in [5, 5.41) is 9.69. The van der Waals surface area contributed by atoms with E-state index in [0.29, 0.717) is 18.9 Å². The van der Waals surface area contributed by atoms with Gasteiger partial charge in [0.05, 0.1) is 5.69 Å². The van der Waals surface area contributed by atoms with Gasteiger partial charge < -0.3 is 15.0 Å². The van der Waals surface area contributed by atoms with Gasteiger partial charge in [-0.15, -0.1) is 0 Å². The van der Waals surface area contributed by atoms with E-state index in [1.807, 2.05) is 34.6 Å². The first kappa shape index (κ1) is 19.8. The molecule has 0 fully saturated rings. The molecule has 136 valence electrons. The van der Waals surface area contributed by atoms with Gasteiger partial charge in [0.2, 0.25) is 0 Å². The lowest BCUT2D eigenvalue weighted by Crippen LogP contribution is -2.40. The molecule has 8 nitrogen and oxygen atoms in total. The summed E-state index contributed by atoms with van der Waals surface area (Å²) in [5.41, 5.74) is 0.314. The Morgan fingerprint density at radius 3 is 2.54 bits per heavy atom. The number of amides is 3. The summed E-state index contributed by atoms with van der Waals surface area (Å²) in [5.74, 6) is 0.713. The Morgan fingerprint density at radius 2 is 2.04 bits per heavy atom. The number of aromatic nitrogens is 2. The molecule has 1 aromatic heterocycles. The van der Waals surface area contributed by atoms with Crippen LogP contribution in [-0.2, 0) is 11.8 Å². The highest BCUT2D eigenvalue weighted by molar-refractivity contribution is 5.88. The van der Waals surface area contributed by atoms with Crippen LogP contribution in [0, 0.1) is 12.8 Å². The lowest BCUT2D eigenvalue weighted by molar-refractivity contribution is 0.0278. The number of aryl methyl sites for hydroxylation is 2. The van der Waals surface area contributed by atoms with Crippen LogP contribution in [-0.4, -0.2) is 52.5 Å². The smallest absolute Gasteiger partial charge is 0.410 e. The van der Waals surface area contributed by atoms with Crippen molar-refractivity contribution in [3.05, 3.63) is 11.8 Å². The topological polar surface area (TPSA) is 88.5 Å². The number of carbonyl (C=O) groups is 2. The second-order valence-corrected chi connectivity index (χ2v) is 7.10. The summed E-state index contributed by atoms with van der Waals surface area (Å²) in [6.45, 7) is 10.2. The van der Waals surface area contributed by atoms with Gasteiger partial charge >= 0.3 is 12.1 Å². The third-order valence-corrected chi connectivity index (χ3v) is 3.15. The molecule has 1 heterocycles. The normalized spacial score (nSPS) is 12.5. The van der Waals surface area contributed by atoms with Gasteiger partial charge in [0.25, 0.3) is 0 Å². The highest BCUT2D eigenvalue weighted by Gasteiger charge is 2.21. The SMILES string of the molecule is Cc1cc(NC(=O)NC[C@H](C)CN(C)C(=O)OC(C)(C)C)n(C)n1. The number of nitrogens with one attached hydrogen (secondary N) is 2. The molecule has 2 N–H and O–H groups in total. The van der Waals surface area contributed by atoms with Crippen LogP contribution in [0.4, 0.5) is 15.4 Å². The number of anilines is 1. The largest absolute Gasteiger partial charge is 0.444 e. The van der Waals surface area contributed by atoms with Crippen LogP contribution in [0.2, 0.25) is 0 Å². The molecule has 24 heavy (non-hydrogen) atoms. The molecule has 0 aliphatic rings.